The number of hydrogen-bond donors (Lipinski definition) is 1. The molecule has 0 aromatic rings. The number of nitrogens with one attached hydrogen (secondary N) is 1. The molecule has 222 valence electrons. The van der Waals surface area contributed by atoms with Gasteiger partial charge in [-0.2, -0.15) is 0 Å². The van der Waals surface area contributed by atoms with Crippen LogP contribution in [0.15, 0.2) is 17.4 Å². The molecule has 0 bridgehead atoms. The molecule has 1 unspecified atom stereocenters. The fraction of sp³-hybridized carbons (Fsp3) is 0.839. The molecule has 1 atom stereocenters. The molecule has 0 saturated carbocycles. The van der Waals surface area contributed by atoms with Crippen LogP contribution in [0.25, 0.3) is 0 Å². The molecule has 0 aliphatic heterocycles. The molecule has 0 fully saturated rings. The summed E-state index contributed by atoms with van der Waals surface area (Å²) in [5.41, 5.74) is 0. The molecule has 1 amide bonds. The predicted octanol–water partition coefficient (Wildman–Crippen LogP) is 8.90. The molecule has 7 heteroatoms. The predicted molar refractivity (Wildman–Crippen MR) is 166 cm³/mol. The first-order valence-electron chi connectivity index (χ1n) is 15.5. The number of carbonyl (C=O) groups excluding carboxylic acids is 2. The van der Waals surface area contributed by atoms with Crippen LogP contribution in [0.2, 0.25) is 0 Å². The average Bonchev–Trinajstić information content (AvgIpc) is 2.91. The van der Waals surface area contributed by atoms with E-state index in [1.165, 1.54) is 69.5 Å². The third kappa shape index (κ3) is 23.6. The van der Waals surface area contributed by atoms with Crippen LogP contribution >= 0.6 is 11.8 Å². The second-order valence-electron chi connectivity index (χ2n) is 10.2. The third-order valence-corrected chi connectivity index (χ3v) is 7.64. The quantitative estimate of drug-likeness (QED) is 0.0624. The van der Waals surface area contributed by atoms with Gasteiger partial charge in [-0.05, 0) is 51.7 Å². The zero-order valence-corrected chi connectivity index (χ0v) is 25.8. The number of carbonyl (C=O) groups is 2. The maximum atomic E-state index is 12.8. The fourth-order valence-electron chi connectivity index (χ4n) is 4.31. The molecule has 0 aliphatic rings. The molecule has 0 heterocycles. The highest BCUT2D eigenvalue weighted by Gasteiger charge is 2.17. The molecule has 6 nitrogen and oxygen atoms in total. The zero-order valence-electron chi connectivity index (χ0n) is 25.0. The minimum atomic E-state index is -0.0989. The SMILES string of the molecule is C=N/C=C\NCCCSC(=O)N(CCCC)CCCC(=O)OC(CCCCCCC)CCCCCCCC. The van der Waals surface area contributed by atoms with Gasteiger partial charge in [0, 0.05) is 44.2 Å². The Morgan fingerprint density at radius 1 is 0.842 bits per heavy atom. The maximum Gasteiger partial charge on any atom is 0.306 e. The van der Waals surface area contributed by atoms with Gasteiger partial charge >= 0.3 is 5.97 Å². The van der Waals surface area contributed by atoms with Crippen LogP contribution in [-0.2, 0) is 9.53 Å². The van der Waals surface area contributed by atoms with Crippen LogP contribution in [0.1, 0.15) is 136 Å². The van der Waals surface area contributed by atoms with Crippen molar-refractivity contribution in [2.24, 2.45) is 4.99 Å². The first kappa shape index (κ1) is 36.5. The van der Waals surface area contributed by atoms with E-state index < -0.39 is 0 Å². The Labute approximate surface area is 239 Å². The van der Waals surface area contributed by atoms with Gasteiger partial charge in [0.05, 0.1) is 0 Å². The van der Waals surface area contributed by atoms with Crippen molar-refractivity contribution in [2.45, 2.75) is 142 Å². The van der Waals surface area contributed by atoms with Crippen LogP contribution in [0, 0.1) is 0 Å². The van der Waals surface area contributed by atoms with Crippen molar-refractivity contribution in [2.75, 3.05) is 25.4 Å². The minimum Gasteiger partial charge on any atom is -0.462 e. The summed E-state index contributed by atoms with van der Waals surface area (Å²) in [5, 5.41) is 3.24. The van der Waals surface area contributed by atoms with Gasteiger partial charge in [-0.3, -0.25) is 14.6 Å². The largest absolute Gasteiger partial charge is 0.462 e. The first-order chi connectivity index (χ1) is 18.6. The number of hydrogen-bond acceptors (Lipinski definition) is 6. The van der Waals surface area contributed by atoms with Gasteiger partial charge in [0.2, 0.25) is 0 Å². The van der Waals surface area contributed by atoms with E-state index in [2.05, 4.69) is 37.8 Å². The second kappa shape index (κ2) is 28.5. The molecule has 0 aromatic heterocycles. The lowest BCUT2D eigenvalue weighted by Crippen LogP contribution is -2.30. The van der Waals surface area contributed by atoms with Crippen molar-refractivity contribution in [1.82, 2.24) is 10.2 Å². The number of rotatable bonds is 27. The summed E-state index contributed by atoms with van der Waals surface area (Å²) in [6, 6.07) is 0. The van der Waals surface area contributed by atoms with Gasteiger partial charge in [0.25, 0.3) is 5.24 Å². The summed E-state index contributed by atoms with van der Waals surface area (Å²) in [6.45, 7) is 12.2. The Bertz CT molecular complexity index is 601. The van der Waals surface area contributed by atoms with Crippen LogP contribution < -0.4 is 5.32 Å². The van der Waals surface area contributed by atoms with Gasteiger partial charge in [0.15, 0.2) is 0 Å². The number of ether oxygens (including phenoxy) is 1. The topological polar surface area (TPSA) is 71.0 Å². The van der Waals surface area contributed by atoms with Crippen LogP contribution in [0.3, 0.4) is 0 Å². The molecule has 0 saturated heterocycles. The summed E-state index contributed by atoms with van der Waals surface area (Å²) in [5.74, 6) is 0.669. The summed E-state index contributed by atoms with van der Waals surface area (Å²) in [4.78, 5) is 31.0. The number of amides is 1. The first-order valence-corrected chi connectivity index (χ1v) is 16.5. The Balaban J connectivity index is 4.48. The lowest BCUT2D eigenvalue weighted by atomic mass is 10.0. The molecular weight excluding hydrogens is 494 g/mol. The zero-order chi connectivity index (χ0) is 28.1. The van der Waals surface area contributed by atoms with Gasteiger partial charge < -0.3 is 15.0 Å². The summed E-state index contributed by atoms with van der Waals surface area (Å²) in [6.07, 6.45) is 23.1. The van der Waals surface area contributed by atoms with Crippen LogP contribution in [0.5, 0.6) is 0 Å². The highest BCUT2D eigenvalue weighted by molar-refractivity contribution is 8.13. The van der Waals surface area contributed by atoms with E-state index in [4.69, 9.17) is 4.74 Å². The molecular formula is C31H59N3O3S. The molecule has 0 radical (unpaired) electrons. The van der Waals surface area contributed by atoms with Gasteiger partial charge in [0.1, 0.15) is 6.10 Å². The average molecular weight is 554 g/mol. The molecule has 0 aromatic carbocycles. The van der Waals surface area contributed by atoms with Crippen molar-refractivity contribution < 1.29 is 14.3 Å². The van der Waals surface area contributed by atoms with Crippen molar-refractivity contribution in [1.29, 1.82) is 0 Å². The minimum absolute atomic E-state index is 0.0504. The molecule has 0 rings (SSSR count). The highest BCUT2D eigenvalue weighted by atomic mass is 32.2. The van der Waals surface area contributed by atoms with Crippen molar-refractivity contribution in [3.8, 4) is 0 Å². The highest BCUT2D eigenvalue weighted by Crippen LogP contribution is 2.18. The number of thioether (sulfide) groups is 1. The van der Waals surface area contributed by atoms with E-state index in [1.807, 2.05) is 4.90 Å². The molecule has 0 spiro atoms. The van der Waals surface area contributed by atoms with E-state index in [0.717, 1.165) is 63.8 Å². The van der Waals surface area contributed by atoms with Crippen molar-refractivity contribution in [3.63, 3.8) is 0 Å². The van der Waals surface area contributed by atoms with E-state index in [9.17, 15) is 9.59 Å². The van der Waals surface area contributed by atoms with Gasteiger partial charge in [-0.15, -0.1) is 0 Å². The number of unbranched alkanes of at least 4 members (excludes halogenated alkanes) is 10. The van der Waals surface area contributed by atoms with Gasteiger partial charge in [-0.25, -0.2) is 0 Å². The summed E-state index contributed by atoms with van der Waals surface area (Å²) >= 11 is 1.37. The lowest BCUT2D eigenvalue weighted by Gasteiger charge is -2.22. The lowest BCUT2D eigenvalue weighted by molar-refractivity contribution is -0.150. The number of aliphatic imine (C=N–C) groups is 1. The van der Waals surface area contributed by atoms with Crippen molar-refractivity contribution >= 4 is 29.7 Å². The Hall–Kier alpha value is -1.50. The number of esters is 1. The standard InChI is InChI=1S/C31H59N3O3S/c1-5-8-11-13-15-17-21-29(20-16-14-12-9-6-2)37-30(35)22-18-27-34(26-10-7-3)31(36)38-28-19-23-33-25-24-32-4/h24-25,29,33H,4-23,26-28H2,1-3H3/b25-24-. The Kier molecular flexibility index (Phi) is 27.4. The number of nitrogens with zero attached hydrogens (tertiary/aromatic N) is 2. The summed E-state index contributed by atoms with van der Waals surface area (Å²) < 4.78 is 5.96. The Morgan fingerprint density at radius 3 is 2.03 bits per heavy atom. The summed E-state index contributed by atoms with van der Waals surface area (Å²) in [7, 11) is 0. The van der Waals surface area contributed by atoms with E-state index in [-0.39, 0.29) is 17.3 Å². The monoisotopic (exact) mass is 553 g/mol. The Morgan fingerprint density at radius 2 is 1.42 bits per heavy atom. The van der Waals surface area contributed by atoms with E-state index in [0.29, 0.717) is 19.4 Å². The van der Waals surface area contributed by atoms with Gasteiger partial charge in [-0.1, -0.05) is 96.7 Å². The van der Waals surface area contributed by atoms with E-state index in [1.54, 1.807) is 12.4 Å². The molecule has 38 heavy (non-hydrogen) atoms. The molecule has 0 aliphatic carbocycles. The third-order valence-electron chi connectivity index (χ3n) is 6.64. The van der Waals surface area contributed by atoms with E-state index >= 15 is 0 Å². The van der Waals surface area contributed by atoms with Crippen LogP contribution in [-0.4, -0.2) is 54.3 Å². The maximum absolute atomic E-state index is 12.8. The molecule has 1 N–H and O–H groups in total. The normalized spacial score (nSPS) is 12.0. The second-order valence-corrected chi connectivity index (χ2v) is 11.3. The fourth-order valence-corrected chi connectivity index (χ4v) is 5.13. The smallest absolute Gasteiger partial charge is 0.306 e. The van der Waals surface area contributed by atoms with Crippen molar-refractivity contribution in [3.05, 3.63) is 12.4 Å². The van der Waals surface area contributed by atoms with Crippen LogP contribution in [0.4, 0.5) is 4.79 Å².